The normalized spacial score (nSPS) is 34.0. The average Bonchev–Trinajstić information content (AvgIpc) is 3.30. The molecule has 0 aromatic rings. The zero-order chi connectivity index (χ0) is 28.5. The van der Waals surface area contributed by atoms with Crippen LogP contribution in [0, 0.1) is 22.7 Å². The molecule has 0 spiro atoms. The smallest absolute Gasteiger partial charge is 0.335 e. The van der Waals surface area contributed by atoms with E-state index in [1.165, 1.54) is 19.4 Å². The third kappa shape index (κ3) is 5.79. The maximum Gasteiger partial charge on any atom is 0.335 e. The predicted molar refractivity (Wildman–Crippen MR) is 144 cm³/mol. The van der Waals surface area contributed by atoms with Crippen LogP contribution in [-0.4, -0.2) is 85.2 Å². The summed E-state index contributed by atoms with van der Waals surface area (Å²) in [4.78, 5) is 52.8. The van der Waals surface area contributed by atoms with E-state index >= 15 is 0 Å². The van der Waals surface area contributed by atoms with Gasteiger partial charge in [0.25, 0.3) is 0 Å². The minimum absolute atomic E-state index is 0.0679. The highest BCUT2D eigenvalue weighted by Crippen LogP contribution is 2.62. The molecule has 0 aromatic heterocycles. The molecular weight excluding hydrogens is 500 g/mol. The number of amides is 1. The number of piperazine rings is 1. The van der Waals surface area contributed by atoms with E-state index in [-0.39, 0.29) is 66.4 Å². The zero-order valence-corrected chi connectivity index (χ0v) is 24.1. The Kier molecular flexibility index (Phi) is 8.59. The lowest BCUT2D eigenvalue weighted by Gasteiger charge is -2.61. The molecule has 2 aliphatic carbocycles. The molecule has 2 saturated carbocycles. The summed E-state index contributed by atoms with van der Waals surface area (Å²) in [6.07, 6.45) is 5.47. The molecule has 0 aromatic carbocycles. The number of carbonyl (C=O) groups is 4. The van der Waals surface area contributed by atoms with Gasteiger partial charge in [-0.25, -0.2) is 4.79 Å². The van der Waals surface area contributed by atoms with Gasteiger partial charge in [0.2, 0.25) is 5.91 Å². The SMILES string of the molecule is C=C1CCC2[C@](C)(COC(C)=O)[C@H](OC(C)=O)CC[C@]2(C)[C@H]1CC(C1=CCOC1=O)N1CCN(C(C)=O)CC1. The van der Waals surface area contributed by atoms with Crippen LogP contribution >= 0.6 is 0 Å². The molecule has 6 atom stereocenters. The lowest BCUT2D eigenvalue weighted by molar-refractivity contribution is -0.192. The summed E-state index contributed by atoms with van der Waals surface area (Å²) in [7, 11) is 0. The molecule has 0 N–H and O–H groups in total. The van der Waals surface area contributed by atoms with Crippen molar-refractivity contribution in [3.63, 3.8) is 0 Å². The third-order valence-corrected chi connectivity index (χ3v) is 9.98. The molecule has 39 heavy (non-hydrogen) atoms. The Morgan fingerprint density at radius 3 is 2.36 bits per heavy atom. The second-order valence-electron chi connectivity index (χ2n) is 12.3. The molecular formula is C30H44N2O7. The number of esters is 3. The Morgan fingerprint density at radius 2 is 1.79 bits per heavy atom. The molecule has 0 radical (unpaired) electrons. The van der Waals surface area contributed by atoms with Gasteiger partial charge in [0.05, 0.1) is 5.57 Å². The monoisotopic (exact) mass is 544 g/mol. The number of fused-ring (bicyclic) bond motifs is 1. The van der Waals surface area contributed by atoms with E-state index in [2.05, 4.69) is 25.3 Å². The van der Waals surface area contributed by atoms with Gasteiger partial charge in [-0.15, -0.1) is 0 Å². The minimum Gasteiger partial charge on any atom is -0.465 e. The number of ether oxygens (including phenoxy) is 3. The summed E-state index contributed by atoms with van der Waals surface area (Å²) in [5, 5.41) is 0. The quantitative estimate of drug-likeness (QED) is 0.273. The van der Waals surface area contributed by atoms with Gasteiger partial charge in [-0.1, -0.05) is 26.0 Å². The van der Waals surface area contributed by atoms with Crippen LogP contribution in [0.4, 0.5) is 0 Å². The second kappa shape index (κ2) is 11.4. The molecule has 216 valence electrons. The molecule has 9 heteroatoms. The van der Waals surface area contributed by atoms with Crippen molar-refractivity contribution in [2.24, 2.45) is 22.7 Å². The fraction of sp³-hybridized carbons (Fsp3) is 0.733. The molecule has 2 aliphatic heterocycles. The van der Waals surface area contributed by atoms with Crippen molar-refractivity contribution in [2.75, 3.05) is 39.4 Å². The van der Waals surface area contributed by atoms with Gasteiger partial charge in [-0.05, 0) is 55.4 Å². The van der Waals surface area contributed by atoms with E-state index < -0.39 is 5.41 Å². The lowest BCUT2D eigenvalue weighted by atomic mass is 9.45. The summed E-state index contributed by atoms with van der Waals surface area (Å²) >= 11 is 0. The number of rotatable bonds is 7. The standard InChI is InChI=1S/C30H44N2O7/c1-19-7-8-26-29(5,11-9-27(39-22(4)35)30(26,6)18-38-21(3)34)24(19)17-25(23-10-16-37-28(23)36)32-14-12-31(13-15-32)20(2)33/h10,24-27H,1,7-9,11-18H2,2-6H3/t24-,25?,26?,27+,29+,30-/m0/s1. The fourth-order valence-corrected chi connectivity index (χ4v) is 7.94. The largest absolute Gasteiger partial charge is 0.465 e. The Hall–Kier alpha value is -2.68. The number of hydrogen-bond donors (Lipinski definition) is 0. The molecule has 2 unspecified atom stereocenters. The van der Waals surface area contributed by atoms with Crippen molar-refractivity contribution >= 4 is 23.8 Å². The van der Waals surface area contributed by atoms with Gasteiger partial charge in [0.15, 0.2) is 0 Å². The molecule has 9 nitrogen and oxygen atoms in total. The van der Waals surface area contributed by atoms with Crippen molar-refractivity contribution in [3.8, 4) is 0 Å². The molecule has 4 aliphatic rings. The number of hydrogen-bond acceptors (Lipinski definition) is 8. The Morgan fingerprint density at radius 1 is 1.10 bits per heavy atom. The summed E-state index contributed by atoms with van der Waals surface area (Å²) < 4.78 is 16.8. The first-order chi connectivity index (χ1) is 18.4. The second-order valence-corrected chi connectivity index (χ2v) is 12.3. The first kappa shape index (κ1) is 29.3. The van der Waals surface area contributed by atoms with Gasteiger partial charge >= 0.3 is 17.9 Å². The number of allylic oxidation sites excluding steroid dienone is 1. The van der Waals surface area contributed by atoms with E-state index in [1.54, 1.807) is 6.92 Å². The summed E-state index contributed by atoms with van der Waals surface area (Å²) in [5.41, 5.74) is 1.14. The number of carbonyl (C=O) groups excluding carboxylic acids is 4. The number of cyclic esters (lactones) is 1. The molecule has 3 fully saturated rings. The van der Waals surface area contributed by atoms with Crippen molar-refractivity contribution in [1.29, 1.82) is 0 Å². The van der Waals surface area contributed by atoms with Crippen LogP contribution < -0.4 is 0 Å². The van der Waals surface area contributed by atoms with E-state index in [9.17, 15) is 19.2 Å². The van der Waals surface area contributed by atoms with Crippen LogP contribution in [0.25, 0.3) is 0 Å². The van der Waals surface area contributed by atoms with Crippen LogP contribution in [0.3, 0.4) is 0 Å². The van der Waals surface area contributed by atoms with Gasteiger partial charge < -0.3 is 19.1 Å². The topological polar surface area (TPSA) is 102 Å². The Bertz CT molecular complexity index is 1050. The molecule has 1 saturated heterocycles. The van der Waals surface area contributed by atoms with Gasteiger partial charge in [-0.2, -0.15) is 0 Å². The minimum atomic E-state index is -0.544. The van der Waals surface area contributed by atoms with Crippen LogP contribution in [-0.2, 0) is 33.4 Å². The maximum absolute atomic E-state index is 12.8. The van der Waals surface area contributed by atoms with Crippen molar-refractivity contribution in [1.82, 2.24) is 9.80 Å². The van der Waals surface area contributed by atoms with Crippen LogP contribution in [0.2, 0.25) is 0 Å². The highest BCUT2D eigenvalue weighted by Gasteiger charge is 2.60. The summed E-state index contributed by atoms with van der Waals surface area (Å²) in [6.45, 7) is 16.4. The van der Waals surface area contributed by atoms with Crippen molar-refractivity contribution in [3.05, 3.63) is 23.8 Å². The Labute approximate surface area is 231 Å². The molecule has 4 rings (SSSR count). The van der Waals surface area contributed by atoms with E-state index in [1.807, 2.05) is 11.0 Å². The van der Waals surface area contributed by atoms with Crippen molar-refractivity contribution < 1.29 is 33.4 Å². The lowest BCUT2D eigenvalue weighted by Crippen LogP contribution is -2.60. The van der Waals surface area contributed by atoms with Gasteiger partial charge in [-0.3, -0.25) is 19.3 Å². The predicted octanol–water partition coefficient (Wildman–Crippen LogP) is 3.28. The first-order valence-corrected chi connectivity index (χ1v) is 14.2. The van der Waals surface area contributed by atoms with E-state index in [4.69, 9.17) is 14.2 Å². The van der Waals surface area contributed by atoms with Crippen LogP contribution in [0.1, 0.15) is 66.7 Å². The van der Waals surface area contributed by atoms with Crippen LogP contribution in [0.5, 0.6) is 0 Å². The van der Waals surface area contributed by atoms with Crippen LogP contribution in [0.15, 0.2) is 23.8 Å². The molecule has 2 heterocycles. The van der Waals surface area contributed by atoms with Gasteiger partial charge in [0, 0.05) is 58.4 Å². The maximum atomic E-state index is 12.8. The Balaban J connectivity index is 1.65. The van der Waals surface area contributed by atoms with E-state index in [0.29, 0.717) is 44.6 Å². The average molecular weight is 545 g/mol. The zero-order valence-electron chi connectivity index (χ0n) is 24.1. The molecule has 1 amide bonds. The highest BCUT2D eigenvalue weighted by molar-refractivity contribution is 5.91. The first-order valence-electron chi connectivity index (χ1n) is 14.2. The molecule has 0 bridgehead atoms. The summed E-state index contributed by atoms with van der Waals surface area (Å²) in [5.74, 6) is -0.646. The highest BCUT2D eigenvalue weighted by atomic mass is 16.6. The van der Waals surface area contributed by atoms with E-state index in [0.717, 1.165) is 19.3 Å². The third-order valence-electron chi connectivity index (χ3n) is 9.98. The number of nitrogens with zero attached hydrogens (tertiary/aromatic N) is 2. The van der Waals surface area contributed by atoms with Gasteiger partial charge in [0.1, 0.15) is 19.3 Å². The van der Waals surface area contributed by atoms with Crippen molar-refractivity contribution in [2.45, 2.75) is 78.9 Å². The fourth-order valence-electron chi connectivity index (χ4n) is 7.94. The summed E-state index contributed by atoms with van der Waals surface area (Å²) in [6, 6.07) is -0.141.